The van der Waals surface area contributed by atoms with Gasteiger partial charge in [0.15, 0.2) is 0 Å². The maximum atomic E-state index is 11.9. The van der Waals surface area contributed by atoms with Crippen molar-refractivity contribution in [1.82, 2.24) is 5.32 Å². The molecule has 92 valence electrons. The van der Waals surface area contributed by atoms with Crippen molar-refractivity contribution in [3.05, 3.63) is 0 Å². The molecule has 1 heterocycles. The average molecular weight is 244 g/mol. The molecule has 0 aromatic heterocycles. The van der Waals surface area contributed by atoms with Gasteiger partial charge in [-0.25, -0.2) is 0 Å². The molecule has 16 heavy (non-hydrogen) atoms. The largest absolute Gasteiger partial charge is 0.391 e. The maximum absolute atomic E-state index is 11.9. The van der Waals surface area contributed by atoms with E-state index in [1.807, 2.05) is 13.8 Å². The number of nitrogens with two attached hydrogens (primary N) is 1. The summed E-state index contributed by atoms with van der Waals surface area (Å²) in [5.41, 5.74) is 5.16. The Morgan fingerprint density at radius 3 is 2.56 bits per heavy atom. The Morgan fingerprint density at radius 1 is 1.56 bits per heavy atom. The molecule has 1 fully saturated rings. The van der Waals surface area contributed by atoms with Crippen molar-refractivity contribution in [1.29, 1.82) is 0 Å². The van der Waals surface area contributed by atoms with Crippen LogP contribution in [-0.2, 0) is 9.53 Å². The molecule has 0 bridgehead atoms. The van der Waals surface area contributed by atoms with Gasteiger partial charge in [-0.2, -0.15) is 0 Å². The predicted molar refractivity (Wildman–Crippen MR) is 67.2 cm³/mol. The van der Waals surface area contributed by atoms with Gasteiger partial charge in [0.1, 0.15) is 6.10 Å². The maximum Gasteiger partial charge on any atom is 0.249 e. The Hall–Kier alpha value is -0.680. The van der Waals surface area contributed by atoms with Crippen molar-refractivity contribution in [2.24, 2.45) is 5.73 Å². The van der Waals surface area contributed by atoms with Gasteiger partial charge in [0.2, 0.25) is 5.91 Å². The van der Waals surface area contributed by atoms with E-state index >= 15 is 0 Å². The van der Waals surface area contributed by atoms with Crippen LogP contribution in [0.4, 0.5) is 0 Å². The Morgan fingerprint density at radius 2 is 2.19 bits per heavy atom. The van der Waals surface area contributed by atoms with Crippen molar-refractivity contribution < 1.29 is 9.53 Å². The molecule has 0 aromatic rings. The van der Waals surface area contributed by atoms with Crippen molar-refractivity contribution in [3.8, 4) is 0 Å². The van der Waals surface area contributed by atoms with Crippen LogP contribution in [0.1, 0.15) is 39.5 Å². The van der Waals surface area contributed by atoms with Crippen LogP contribution >= 0.6 is 12.2 Å². The van der Waals surface area contributed by atoms with E-state index in [-0.39, 0.29) is 12.0 Å². The summed E-state index contributed by atoms with van der Waals surface area (Å²) in [5.74, 6) is -0.0889. The summed E-state index contributed by atoms with van der Waals surface area (Å²) < 4.78 is 5.33. The Balaban J connectivity index is 2.67. The van der Waals surface area contributed by atoms with Gasteiger partial charge in [-0.05, 0) is 25.7 Å². The molecule has 1 aliphatic heterocycles. The van der Waals surface area contributed by atoms with E-state index in [9.17, 15) is 4.79 Å². The zero-order chi connectivity index (χ0) is 12.2. The highest BCUT2D eigenvalue weighted by Crippen LogP contribution is 2.18. The molecule has 0 saturated carbocycles. The molecule has 4 nitrogen and oxygen atoms in total. The van der Waals surface area contributed by atoms with Gasteiger partial charge in [-0.3, -0.25) is 4.79 Å². The second-order valence-electron chi connectivity index (χ2n) is 4.14. The van der Waals surface area contributed by atoms with Crippen LogP contribution in [0.15, 0.2) is 0 Å². The van der Waals surface area contributed by atoms with Gasteiger partial charge in [-0.1, -0.05) is 26.1 Å². The number of rotatable bonds is 5. The molecule has 0 radical (unpaired) electrons. The Labute approximate surface area is 102 Å². The lowest BCUT2D eigenvalue weighted by Gasteiger charge is -2.32. The number of carbonyl (C=O) groups is 1. The van der Waals surface area contributed by atoms with Crippen molar-refractivity contribution >= 4 is 23.1 Å². The predicted octanol–water partition coefficient (Wildman–Crippen LogP) is 1.13. The van der Waals surface area contributed by atoms with Crippen LogP contribution in [0, 0.1) is 0 Å². The smallest absolute Gasteiger partial charge is 0.249 e. The van der Waals surface area contributed by atoms with Gasteiger partial charge < -0.3 is 15.8 Å². The topological polar surface area (TPSA) is 64.3 Å². The number of thiocarbonyl (C=S) groups is 1. The van der Waals surface area contributed by atoms with Crippen LogP contribution in [-0.4, -0.2) is 29.1 Å². The number of hydrogen-bond acceptors (Lipinski definition) is 3. The van der Waals surface area contributed by atoms with Crippen molar-refractivity contribution in [2.75, 3.05) is 6.61 Å². The highest BCUT2D eigenvalue weighted by molar-refractivity contribution is 7.80. The van der Waals surface area contributed by atoms with Gasteiger partial charge in [0.05, 0.1) is 10.5 Å². The first-order valence-electron chi connectivity index (χ1n) is 5.79. The third-order valence-electron chi connectivity index (χ3n) is 3.26. The first kappa shape index (κ1) is 13.4. The number of ether oxygens (including phenoxy) is 1. The second kappa shape index (κ2) is 5.59. The van der Waals surface area contributed by atoms with Crippen LogP contribution in [0.3, 0.4) is 0 Å². The third-order valence-corrected chi connectivity index (χ3v) is 3.65. The molecule has 1 aliphatic rings. The number of amides is 1. The van der Waals surface area contributed by atoms with Crippen molar-refractivity contribution in [3.63, 3.8) is 0 Å². The third kappa shape index (κ3) is 2.71. The molecular formula is C11H20N2O2S. The molecular weight excluding hydrogens is 224 g/mol. The minimum absolute atomic E-state index is 0.0889. The number of nitrogens with one attached hydrogen (secondary N) is 1. The molecule has 0 spiro atoms. The molecule has 3 N–H and O–H groups in total. The standard InChI is InChI=1S/C11H20N2O2S/c1-3-11(4-2,10(12)16)13-9(14)8-6-5-7-15-8/h8H,3-7H2,1-2H3,(H2,12,16)(H,13,14). The van der Waals surface area contributed by atoms with Crippen molar-refractivity contribution in [2.45, 2.75) is 51.2 Å². The first-order chi connectivity index (χ1) is 7.55. The molecule has 1 saturated heterocycles. The zero-order valence-electron chi connectivity index (χ0n) is 9.91. The lowest BCUT2D eigenvalue weighted by molar-refractivity contribution is -0.131. The summed E-state index contributed by atoms with van der Waals surface area (Å²) in [5, 5.41) is 2.94. The SMILES string of the molecule is CCC(CC)(NC(=O)C1CCCO1)C(N)=S. The fourth-order valence-electron chi connectivity index (χ4n) is 1.94. The molecule has 1 rings (SSSR count). The number of carbonyl (C=O) groups excluding carboxylic acids is 1. The van der Waals surface area contributed by atoms with Crippen LogP contribution < -0.4 is 11.1 Å². The van der Waals surface area contributed by atoms with E-state index < -0.39 is 5.54 Å². The van der Waals surface area contributed by atoms with E-state index in [0.717, 1.165) is 12.8 Å². The highest BCUT2D eigenvalue weighted by Gasteiger charge is 2.34. The van der Waals surface area contributed by atoms with Crippen LogP contribution in [0.25, 0.3) is 0 Å². The lowest BCUT2D eigenvalue weighted by Crippen LogP contribution is -2.58. The van der Waals surface area contributed by atoms with E-state index in [2.05, 4.69) is 5.32 Å². The second-order valence-corrected chi connectivity index (χ2v) is 4.58. The molecule has 1 unspecified atom stereocenters. The van der Waals surface area contributed by atoms with Crippen LogP contribution in [0.2, 0.25) is 0 Å². The summed E-state index contributed by atoms with van der Waals surface area (Å²) in [6.07, 6.45) is 2.81. The average Bonchev–Trinajstić information content (AvgIpc) is 2.78. The first-order valence-corrected chi connectivity index (χ1v) is 6.20. The Kier molecular flexibility index (Phi) is 4.68. The van der Waals surface area contributed by atoms with Gasteiger partial charge in [0, 0.05) is 6.61 Å². The molecule has 1 amide bonds. The highest BCUT2D eigenvalue weighted by atomic mass is 32.1. The minimum atomic E-state index is -0.557. The fourth-order valence-corrected chi connectivity index (χ4v) is 2.28. The summed E-state index contributed by atoms with van der Waals surface area (Å²) >= 11 is 5.04. The Bertz CT molecular complexity index is 271. The fraction of sp³-hybridized carbons (Fsp3) is 0.818. The van der Waals surface area contributed by atoms with E-state index in [0.29, 0.717) is 24.4 Å². The summed E-state index contributed by atoms with van der Waals surface area (Å²) in [7, 11) is 0. The van der Waals surface area contributed by atoms with E-state index in [4.69, 9.17) is 22.7 Å². The van der Waals surface area contributed by atoms with Crippen LogP contribution in [0.5, 0.6) is 0 Å². The van der Waals surface area contributed by atoms with Gasteiger partial charge in [0.25, 0.3) is 0 Å². The monoisotopic (exact) mass is 244 g/mol. The summed E-state index contributed by atoms with van der Waals surface area (Å²) in [4.78, 5) is 12.3. The zero-order valence-corrected chi connectivity index (χ0v) is 10.7. The quantitative estimate of drug-likeness (QED) is 0.712. The van der Waals surface area contributed by atoms with Gasteiger partial charge >= 0.3 is 0 Å². The molecule has 5 heteroatoms. The molecule has 1 atom stereocenters. The summed E-state index contributed by atoms with van der Waals surface area (Å²) in [6.45, 7) is 4.60. The minimum Gasteiger partial charge on any atom is -0.391 e. The van der Waals surface area contributed by atoms with E-state index in [1.54, 1.807) is 0 Å². The summed E-state index contributed by atoms with van der Waals surface area (Å²) in [6, 6.07) is 0. The van der Waals surface area contributed by atoms with Gasteiger partial charge in [-0.15, -0.1) is 0 Å². The molecule has 0 aliphatic carbocycles. The normalized spacial score (nSPS) is 20.8. The molecule has 0 aromatic carbocycles. The number of hydrogen-bond donors (Lipinski definition) is 2. The van der Waals surface area contributed by atoms with E-state index in [1.165, 1.54) is 0 Å². The lowest BCUT2D eigenvalue weighted by atomic mass is 9.92.